The minimum Gasteiger partial charge on any atom is -0.306 e. The molecule has 0 saturated heterocycles. The summed E-state index contributed by atoms with van der Waals surface area (Å²) in [6.07, 6.45) is 2.52. The lowest BCUT2D eigenvalue weighted by molar-refractivity contribution is 0.317. The first kappa shape index (κ1) is 15.6. The van der Waals surface area contributed by atoms with Crippen LogP contribution in [-0.2, 0) is 13.1 Å². The molecule has 1 N–H and O–H groups in total. The Labute approximate surface area is 116 Å². The quantitative estimate of drug-likeness (QED) is 0.823. The van der Waals surface area contributed by atoms with Crippen LogP contribution in [0.4, 0.5) is 0 Å². The van der Waals surface area contributed by atoms with Crippen molar-refractivity contribution in [2.24, 2.45) is 0 Å². The lowest BCUT2D eigenvalue weighted by Crippen LogP contribution is -2.35. The van der Waals surface area contributed by atoms with Gasteiger partial charge < -0.3 is 10.2 Å². The van der Waals surface area contributed by atoms with Crippen molar-refractivity contribution in [3.8, 4) is 0 Å². The van der Waals surface area contributed by atoms with E-state index in [9.17, 15) is 0 Å². The highest BCUT2D eigenvalue weighted by Gasteiger charge is 2.10. The molecule has 0 aliphatic rings. The van der Waals surface area contributed by atoms with Gasteiger partial charge in [-0.15, -0.1) is 11.3 Å². The van der Waals surface area contributed by atoms with Gasteiger partial charge in [-0.25, -0.2) is 4.98 Å². The number of nitrogens with zero attached hydrogens (tertiary/aromatic N) is 2. The van der Waals surface area contributed by atoms with E-state index in [4.69, 9.17) is 0 Å². The molecule has 4 heteroatoms. The fourth-order valence-electron chi connectivity index (χ4n) is 1.63. The van der Waals surface area contributed by atoms with E-state index in [1.807, 2.05) is 0 Å². The van der Waals surface area contributed by atoms with Gasteiger partial charge >= 0.3 is 0 Å². The number of hydrogen-bond donors (Lipinski definition) is 1. The summed E-state index contributed by atoms with van der Waals surface area (Å²) in [6, 6.07) is 0. The topological polar surface area (TPSA) is 28.2 Å². The highest BCUT2D eigenvalue weighted by Crippen LogP contribution is 2.13. The number of aromatic nitrogens is 1. The molecule has 1 heterocycles. The molecule has 1 aromatic heterocycles. The van der Waals surface area contributed by atoms with Gasteiger partial charge in [-0.2, -0.15) is 0 Å². The lowest BCUT2D eigenvalue weighted by atomic mass is 10.1. The third-order valence-corrected chi connectivity index (χ3v) is 3.59. The van der Waals surface area contributed by atoms with Crippen molar-refractivity contribution in [2.45, 2.75) is 59.2 Å². The van der Waals surface area contributed by atoms with E-state index in [0.717, 1.165) is 19.6 Å². The third-order valence-electron chi connectivity index (χ3n) is 2.69. The first-order valence-electron chi connectivity index (χ1n) is 6.77. The first-order chi connectivity index (χ1) is 8.40. The van der Waals surface area contributed by atoms with Gasteiger partial charge in [0.05, 0.1) is 5.69 Å². The summed E-state index contributed by atoms with van der Waals surface area (Å²) in [4.78, 5) is 7.02. The van der Waals surface area contributed by atoms with Gasteiger partial charge in [0.1, 0.15) is 5.01 Å². The maximum absolute atomic E-state index is 4.68. The van der Waals surface area contributed by atoms with Crippen LogP contribution in [0.15, 0.2) is 5.38 Å². The molecule has 0 spiro atoms. The number of nitrogens with one attached hydrogen (secondary N) is 1. The summed E-state index contributed by atoms with van der Waals surface area (Å²) in [5, 5.41) is 6.84. The zero-order valence-corrected chi connectivity index (χ0v) is 13.2. The largest absolute Gasteiger partial charge is 0.306 e. The van der Waals surface area contributed by atoms with Crippen LogP contribution < -0.4 is 5.32 Å². The fourth-order valence-corrected chi connectivity index (χ4v) is 2.35. The first-order valence-corrected chi connectivity index (χ1v) is 7.65. The number of thiazole rings is 1. The molecular weight excluding hydrogens is 242 g/mol. The lowest BCUT2D eigenvalue weighted by Gasteiger charge is -2.19. The van der Waals surface area contributed by atoms with Crippen molar-refractivity contribution in [3.05, 3.63) is 16.1 Å². The predicted molar refractivity (Wildman–Crippen MR) is 79.9 cm³/mol. The molecule has 0 unspecified atom stereocenters. The Morgan fingerprint density at radius 2 is 2.11 bits per heavy atom. The van der Waals surface area contributed by atoms with Crippen LogP contribution >= 0.6 is 11.3 Å². The van der Waals surface area contributed by atoms with Crippen LogP contribution in [0.1, 0.15) is 51.2 Å². The summed E-state index contributed by atoms with van der Waals surface area (Å²) < 4.78 is 0. The van der Waals surface area contributed by atoms with E-state index in [0.29, 0.717) is 0 Å². The second kappa shape index (κ2) is 7.22. The average molecular weight is 269 g/mol. The van der Waals surface area contributed by atoms with E-state index in [1.54, 1.807) is 11.3 Å². The van der Waals surface area contributed by atoms with Crippen molar-refractivity contribution in [1.29, 1.82) is 0 Å². The molecule has 0 radical (unpaired) electrons. The summed E-state index contributed by atoms with van der Waals surface area (Å²) >= 11 is 1.76. The third kappa shape index (κ3) is 6.47. The van der Waals surface area contributed by atoms with Crippen molar-refractivity contribution in [1.82, 2.24) is 15.2 Å². The fraction of sp³-hybridized carbons (Fsp3) is 0.786. The molecule has 0 saturated carbocycles. The Morgan fingerprint density at radius 1 is 1.39 bits per heavy atom. The van der Waals surface area contributed by atoms with Crippen molar-refractivity contribution < 1.29 is 0 Å². The second-order valence-corrected chi connectivity index (χ2v) is 6.87. The van der Waals surface area contributed by atoms with Crippen molar-refractivity contribution in [3.63, 3.8) is 0 Å². The second-order valence-electron chi connectivity index (χ2n) is 5.93. The minimum absolute atomic E-state index is 0.156. The molecule has 0 fully saturated rings. The molecule has 0 aliphatic heterocycles. The van der Waals surface area contributed by atoms with E-state index < -0.39 is 0 Å². The van der Waals surface area contributed by atoms with Crippen LogP contribution in [0.2, 0.25) is 0 Å². The molecule has 0 aromatic carbocycles. The molecule has 0 aliphatic carbocycles. The van der Waals surface area contributed by atoms with Gasteiger partial charge in [0.2, 0.25) is 0 Å². The summed E-state index contributed by atoms with van der Waals surface area (Å²) in [5.74, 6) is 0. The van der Waals surface area contributed by atoms with E-state index >= 15 is 0 Å². The van der Waals surface area contributed by atoms with Crippen LogP contribution in [-0.4, -0.2) is 29.0 Å². The highest BCUT2D eigenvalue weighted by molar-refractivity contribution is 7.09. The van der Waals surface area contributed by atoms with Crippen molar-refractivity contribution in [2.75, 3.05) is 13.6 Å². The average Bonchev–Trinajstić information content (AvgIpc) is 2.70. The van der Waals surface area contributed by atoms with Crippen LogP contribution in [0, 0.1) is 0 Å². The molecular formula is C14H27N3S. The Kier molecular flexibility index (Phi) is 6.26. The van der Waals surface area contributed by atoms with Gasteiger partial charge in [-0.05, 0) is 40.8 Å². The minimum atomic E-state index is 0.156. The SMILES string of the molecule is CCCCN(C)Cc1csc(CNC(C)(C)C)n1. The summed E-state index contributed by atoms with van der Waals surface area (Å²) in [6.45, 7) is 11.8. The van der Waals surface area contributed by atoms with E-state index in [-0.39, 0.29) is 5.54 Å². The Hall–Kier alpha value is -0.450. The van der Waals surface area contributed by atoms with Crippen molar-refractivity contribution >= 4 is 11.3 Å². The summed E-state index contributed by atoms with van der Waals surface area (Å²) in [5.41, 5.74) is 1.35. The Morgan fingerprint density at radius 3 is 2.72 bits per heavy atom. The molecule has 0 atom stereocenters. The Bertz CT molecular complexity index is 341. The summed E-state index contributed by atoms with van der Waals surface area (Å²) in [7, 11) is 2.17. The van der Waals surface area contributed by atoms with Gasteiger partial charge in [-0.1, -0.05) is 13.3 Å². The smallest absolute Gasteiger partial charge is 0.107 e. The molecule has 1 aromatic rings. The molecule has 0 bridgehead atoms. The monoisotopic (exact) mass is 269 g/mol. The number of unbranched alkanes of at least 4 members (excludes halogenated alkanes) is 1. The number of hydrogen-bond acceptors (Lipinski definition) is 4. The molecule has 104 valence electrons. The highest BCUT2D eigenvalue weighted by atomic mass is 32.1. The molecule has 18 heavy (non-hydrogen) atoms. The zero-order chi connectivity index (χ0) is 13.6. The van der Waals surface area contributed by atoms with Crippen LogP contribution in [0.3, 0.4) is 0 Å². The van der Waals surface area contributed by atoms with E-state index in [1.165, 1.54) is 23.5 Å². The van der Waals surface area contributed by atoms with Gasteiger partial charge in [-0.3, -0.25) is 0 Å². The predicted octanol–water partition coefficient (Wildman–Crippen LogP) is 3.26. The Balaban J connectivity index is 2.38. The van der Waals surface area contributed by atoms with Gasteiger partial charge in [0.25, 0.3) is 0 Å². The van der Waals surface area contributed by atoms with Gasteiger partial charge in [0.15, 0.2) is 0 Å². The molecule has 1 rings (SSSR count). The maximum atomic E-state index is 4.68. The zero-order valence-electron chi connectivity index (χ0n) is 12.4. The van der Waals surface area contributed by atoms with Crippen LogP contribution in [0.5, 0.6) is 0 Å². The number of rotatable bonds is 7. The van der Waals surface area contributed by atoms with E-state index in [2.05, 4.69) is 55.3 Å². The van der Waals surface area contributed by atoms with Crippen LogP contribution in [0.25, 0.3) is 0 Å². The molecule has 0 amide bonds. The molecule has 3 nitrogen and oxygen atoms in total. The normalized spacial score (nSPS) is 12.3. The van der Waals surface area contributed by atoms with Gasteiger partial charge in [0, 0.05) is 24.0 Å². The standard InChI is InChI=1S/C14H27N3S/c1-6-7-8-17(5)10-12-11-18-13(16-12)9-15-14(2,3)4/h11,15H,6-10H2,1-5H3. The maximum Gasteiger partial charge on any atom is 0.107 e.